The molecule has 0 saturated carbocycles. The lowest BCUT2D eigenvalue weighted by atomic mass is 10.0. The van der Waals surface area contributed by atoms with Gasteiger partial charge in [-0.1, -0.05) is 33.8 Å². The fraction of sp³-hybridized carbons (Fsp3) is 0.556. The van der Waals surface area contributed by atoms with Gasteiger partial charge in [-0.05, 0) is 25.7 Å². The van der Waals surface area contributed by atoms with E-state index in [0.717, 1.165) is 48.1 Å². The van der Waals surface area contributed by atoms with E-state index in [1.165, 1.54) is 0 Å². The number of fused-ring (bicyclic) bond motifs is 1. The lowest BCUT2D eigenvalue weighted by Crippen LogP contribution is -2.10. The highest BCUT2D eigenvalue weighted by atomic mass is 15.1. The third-order valence-electron chi connectivity index (χ3n) is 4.48. The molecule has 0 aliphatic heterocycles. The predicted octanol–water partition coefficient (Wildman–Crippen LogP) is 3.89. The smallest absolute Gasteiger partial charge is 0.146 e. The molecule has 5 nitrogen and oxygen atoms in total. The Kier molecular flexibility index (Phi) is 5.29. The molecule has 0 saturated heterocycles. The maximum absolute atomic E-state index is 6.21. The zero-order valence-electron chi connectivity index (χ0n) is 14.8. The first kappa shape index (κ1) is 17.3. The molecule has 5 heteroatoms. The number of nitrogens with two attached hydrogens (primary N) is 2. The van der Waals surface area contributed by atoms with Crippen molar-refractivity contribution in [3.8, 4) is 0 Å². The summed E-state index contributed by atoms with van der Waals surface area (Å²) in [6.07, 6.45) is 6.09. The van der Waals surface area contributed by atoms with E-state index in [-0.39, 0.29) is 0 Å². The molecule has 23 heavy (non-hydrogen) atoms. The van der Waals surface area contributed by atoms with Crippen molar-refractivity contribution >= 4 is 22.5 Å². The first-order valence-corrected chi connectivity index (χ1v) is 8.50. The summed E-state index contributed by atoms with van der Waals surface area (Å²) in [6, 6.07) is 0.323. The number of rotatable bonds is 7. The maximum Gasteiger partial charge on any atom is 0.146 e. The van der Waals surface area contributed by atoms with Crippen molar-refractivity contribution < 1.29 is 0 Å². The summed E-state index contributed by atoms with van der Waals surface area (Å²) in [6.45, 7) is 12.7. The van der Waals surface area contributed by atoms with Crippen LogP contribution in [0.25, 0.3) is 16.7 Å². The molecule has 0 spiro atoms. The highest BCUT2D eigenvalue weighted by Gasteiger charge is 2.20. The minimum absolute atomic E-state index is 0.323. The van der Waals surface area contributed by atoms with Crippen molar-refractivity contribution in [3.63, 3.8) is 0 Å². The SMILES string of the molecule is C=C(N)c1cn(C(C)CC(C)CC)c2nc(CCC)nc(N)c12. The Morgan fingerprint density at radius 1 is 1.30 bits per heavy atom. The average Bonchev–Trinajstić information content (AvgIpc) is 2.87. The Morgan fingerprint density at radius 3 is 2.57 bits per heavy atom. The molecule has 2 aromatic rings. The second-order valence-electron chi connectivity index (χ2n) is 6.55. The van der Waals surface area contributed by atoms with Gasteiger partial charge in [0.1, 0.15) is 17.3 Å². The molecular formula is C18H29N5. The van der Waals surface area contributed by atoms with Gasteiger partial charge in [-0.3, -0.25) is 0 Å². The summed E-state index contributed by atoms with van der Waals surface area (Å²) in [4.78, 5) is 9.20. The molecule has 2 heterocycles. The van der Waals surface area contributed by atoms with Gasteiger partial charge in [0.05, 0.1) is 5.39 Å². The first-order chi connectivity index (χ1) is 10.9. The quantitative estimate of drug-likeness (QED) is 0.812. The van der Waals surface area contributed by atoms with E-state index in [1.807, 2.05) is 6.20 Å². The van der Waals surface area contributed by atoms with Crippen molar-refractivity contribution in [2.75, 3.05) is 5.73 Å². The zero-order chi connectivity index (χ0) is 17.1. The second-order valence-corrected chi connectivity index (χ2v) is 6.55. The van der Waals surface area contributed by atoms with Gasteiger partial charge in [-0.2, -0.15) is 0 Å². The van der Waals surface area contributed by atoms with Gasteiger partial charge >= 0.3 is 0 Å². The number of aryl methyl sites for hydroxylation is 1. The van der Waals surface area contributed by atoms with Crippen molar-refractivity contribution in [1.29, 1.82) is 0 Å². The molecular weight excluding hydrogens is 286 g/mol. The Bertz CT molecular complexity index is 701. The van der Waals surface area contributed by atoms with Crippen molar-refractivity contribution in [3.05, 3.63) is 24.2 Å². The fourth-order valence-corrected chi connectivity index (χ4v) is 3.00. The number of nitrogen functional groups attached to an aromatic ring is 1. The standard InChI is InChI=1S/C18H29N5/c1-6-8-15-21-17(20)16-14(13(5)19)10-23(18(16)22-15)12(4)9-11(3)7-2/h10-12H,5-9,19H2,1-4H3,(H2,20,21,22). The molecule has 2 unspecified atom stereocenters. The third kappa shape index (κ3) is 3.49. The van der Waals surface area contributed by atoms with Crippen LogP contribution in [0, 0.1) is 5.92 Å². The van der Waals surface area contributed by atoms with Crippen molar-refractivity contribution in [1.82, 2.24) is 14.5 Å². The molecule has 0 aromatic carbocycles. The van der Waals surface area contributed by atoms with E-state index in [2.05, 4.69) is 43.8 Å². The molecule has 2 rings (SSSR count). The van der Waals surface area contributed by atoms with E-state index in [4.69, 9.17) is 16.5 Å². The average molecular weight is 315 g/mol. The van der Waals surface area contributed by atoms with E-state index in [9.17, 15) is 0 Å². The van der Waals surface area contributed by atoms with Gasteiger partial charge in [-0.25, -0.2) is 9.97 Å². The minimum atomic E-state index is 0.323. The van der Waals surface area contributed by atoms with E-state index >= 15 is 0 Å². The van der Waals surface area contributed by atoms with Crippen LogP contribution in [0.4, 0.5) is 5.82 Å². The van der Waals surface area contributed by atoms with Crippen LogP contribution in [0.15, 0.2) is 12.8 Å². The van der Waals surface area contributed by atoms with Crippen LogP contribution in [0.2, 0.25) is 0 Å². The van der Waals surface area contributed by atoms with Crippen LogP contribution >= 0.6 is 0 Å². The van der Waals surface area contributed by atoms with Gasteiger partial charge in [-0.15, -0.1) is 0 Å². The van der Waals surface area contributed by atoms with Gasteiger partial charge in [0.25, 0.3) is 0 Å². The van der Waals surface area contributed by atoms with Crippen LogP contribution in [0.3, 0.4) is 0 Å². The summed E-state index contributed by atoms with van der Waals surface area (Å²) < 4.78 is 2.19. The summed E-state index contributed by atoms with van der Waals surface area (Å²) in [7, 11) is 0. The number of hydrogen-bond acceptors (Lipinski definition) is 4. The summed E-state index contributed by atoms with van der Waals surface area (Å²) in [5.41, 5.74) is 14.4. The molecule has 2 atom stereocenters. The topological polar surface area (TPSA) is 82.8 Å². The summed E-state index contributed by atoms with van der Waals surface area (Å²) >= 11 is 0. The number of hydrogen-bond donors (Lipinski definition) is 2. The van der Waals surface area contributed by atoms with Crippen LogP contribution in [0.5, 0.6) is 0 Å². The lowest BCUT2D eigenvalue weighted by Gasteiger charge is -2.18. The molecule has 0 aliphatic rings. The Hall–Kier alpha value is -2.04. The van der Waals surface area contributed by atoms with Gasteiger partial charge in [0, 0.05) is 29.9 Å². The Labute approximate surface area is 138 Å². The highest BCUT2D eigenvalue weighted by Crippen LogP contribution is 2.32. The molecule has 0 fully saturated rings. The monoisotopic (exact) mass is 315 g/mol. The van der Waals surface area contributed by atoms with Gasteiger partial charge in [0.2, 0.25) is 0 Å². The molecule has 126 valence electrons. The molecule has 0 bridgehead atoms. The molecule has 2 aromatic heterocycles. The Balaban J connectivity index is 2.61. The molecule has 4 N–H and O–H groups in total. The number of aromatic nitrogens is 3. The number of anilines is 1. The van der Waals surface area contributed by atoms with Crippen LogP contribution in [-0.2, 0) is 6.42 Å². The van der Waals surface area contributed by atoms with Crippen LogP contribution < -0.4 is 11.5 Å². The third-order valence-corrected chi connectivity index (χ3v) is 4.48. The Morgan fingerprint density at radius 2 is 2.00 bits per heavy atom. The first-order valence-electron chi connectivity index (χ1n) is 8.50. The van der Waals surface area contributed by atoms with Crippen LogP contribution in [-0.4, -0.2) is 14.5 Å². The zero-order valence-corrected chi connectivity index (χ0v) is 14.8. The van der Waals surface area contributed by atoms with Gasteiger partial charge < -0.3 is 16.0 Å². The largest absolute Gasteiger partial charge is 0.399 e. The van der Waals surface area contributed by atoms with E-state index in [1.54, 1.807) is 0 Å². The summed E-state index contributed by atoms with van der Waals surface area (Å²) in [5, 5.41) is 0.827. The molecule has 0 aliphatic carbocycles. The number of nitrogens with zero attached hydrogens (tertiary/aromatic N) is 3. The summed E-state index contributed by atoms with van der Waals surface area (Å²) in [5.74, 6) is 1.94. The normalized spacial score (nSPS) is 14.1. The van der Waals surface area contributed by atoms with Crippen molar-refractivity contribution in [2.45, 2.75) is 59.4 Å². The maximum atomic E-state index is 6.21. The highest BCUT2D eigenvalue weighted by molar-refractivity contribution is 5.97. The van der Waals surface area contributed by atoms with E-state index in [0.29, 0.717) is 23.5 Å². The minimum Gasteiger partial charge on any atom is -0.399 e. The molecule has 0 radical (unpaired) electrons. The van der Waals surface area contributed by atoms with E-state index < -0.39 is 0 Å². The fourth-order valence-electron chi connectivity index (χ4n) is 3.00. The lowest BCUT2D eigenvalue weighted by molar-refractivity contribution is 0.404. The second kappa shape index (κ2) is 7.02. The molecule has 0 amide bonds. The van der Waals surface area contributed by atoms with Crippen molar-refractivity contribution in [2.24, 2.45) is 11.7 Å². The van der Waals surface area contributed by atoms with Crippen LogP contribution in [0.1, 0.15) is 64.4 Å². The predicted molar refractivity (Wildman–Crippen MR) is 97.9 cm³/mol. The van der Waals surface area contributed by atoms with Gasteiger partial charge in [0.15, 0.2) is 0 Å².